The first-order chi connectivity index (χ1) is 6.95. The molecule has 0 bridgehead atoms. The number of fused-ring (bicyclic) bond motifs is 1. The van der Waals surface area contributed by atoms with Crippen LogP contribution in [0, 0.1) is 6.33 Å². The molecule has 0 spiro atoms. The van der Waals surface area contributed by atoms with Crippen LogP contribution in [0.3, 0.4) is 0 Å². The minimum absolute atomic E-state index is 0.720. The maximum absolute atomic E-state index is 4.41. The largest absolute Gasteiger partial charge is 0.322 e. The number of hydrogen-bond acceptors (Lipinski definition) is 1. The fourth-order valence-electron chi connectivity index (χ4n) is 2.91. The Balaban J connectivity index is 1.88. The Kier molecular flexibility index (Phi) is 2.07. The summed E-state index contributed by atoms with van der Waals surface area (Å²) < 4.78 is 2.36. The van der Waals surface area contributed by atoms with Crippen LogP contribution in [0.25, 0.3) is 0 Å². The Hall–Kier alpha value is -0.790. The van der Waals surface area contributed by atoms with Gasteiger partial charge in [-0.15, -0.1) is 0 Å². The lowest BCUT2D eigenvalue weighted by Crippen LogP contribution is -2.14. The Morgan fingerprint density at radius 2 is 1.93 bits per heavy atom. The molecule has 14 heavy (non-hydrogen) atoms. The lowest BCUT2D eigenvalue weighted by molar-refractivity contribution is 0.345. The highest BCUT2D eigenvalue weighted by Gasteiger charge is 2.23. The van der Waals surface area contributed by atoms with Crippen LogP contribution in [0.1, 0.15) is 56.0 Å². The minimum atomic E-state index is 0.720. The van der Waals surface area contributed by atoms with Crippen molar-refractivity contribution in [2.45, 2.75) is 57.4 Å². The van der Waals surface area contributed by atoms with E-state index >= 15 is 0 Å². The summed E-state index contributed by atoms with van der Waals surface area (Å²) in [4.78, 5) is 4.41. The van der Waals surface area contributed by atoms with E-state index in [1.54, 1.807) is 0 Å². The van der Waals surface area contributed by atoms with Crippen LogP contribution in [-0.4, -0.2) is 9.55 Å². The zero-order valence-corrected chi connectivity index (χ0v) is 8.63. The van der Waals surface area contributed by atoms with Gasteiger partial charge in [-0.05, 0) is 32.1 Å². The topological polar surface area (TPSA) is 17.8 Å². The maximum atomic E-state index is 4.41. The van der Waals surface area contributed by atoms with Crippen LogP contribution in [0.2, 0.25) is 0 Å². The van der Waals surface area contributed by atoms with Gasteiger partial charge < -0.3 is 4.57 Å². The molecule has 2 aliphatic carbocycles. The second-order valence-electron chi connectivity index (χ2n) is 4.62. The molecule has 2 heteroatoms. The first-order valence-electron chi connectivity index (χ1n) is 5.93. The van der Waals surface area contributed by atoms with Crippen molar-refractivity contribution in [3.63, 3.8) is 0 Å². The maximum Gasteiger partial charge on any atom is 0.177 e. The van der Waals surface area contributed by atoms with Gasteiger partial charge in [-0.3, -0.25) is 0 Å². The summed E-state index contributed by atoms with van der Waals surface area (Å²) in [5.74, 6) is 0. The van der Waals surface area contributed by atoms with Gasteiger partial charge in [0.25, 0.3) is 0 Å². The van der Waals surface area contributed by atoms with Crippen LogP contribution in [0.15, 0.2) is 0 Å². The molecule has 0 saturated heterocycles. The average Bonchev–Trinajstić information content (AvgIpc) is 2.79. The highest BCUT2D eigenvalue weighted by atomic mass is 15.1. The van der Waals surface area contributed by atoms with Gasteiger partial charge in [0.05, 0.1) is 5.69 Å². The van der Waals surface area contributed by atoms with Gasteiger partial charge in [-0.1, -0.05) is 19.3 Å². The first-order valence-corrected chi connectivity index (χ1v) is 5.93. The van der Waals surface area contributed by atoms with E-state index in [1.807, 2.05) is 0 Å². The minimum Gasteiger partial charge on any atom is -0.322 e. The summed E-state index contributed by atoms with van der Waals surface area (Å²) in [5, 5.41) is 0. The van der Waals surface area contributed by atoms with Crippen LogP contribution in [0.4, 0.5) is 0 Å². The predicted octanol–water partition coefficient (Wildman–Crippen LogP) is 2.68. The molecule has 1 heterocycles. The van der Waals surface area contributed by atoms with Crippen molar-refractivity contribution in [3.05, 3.63) is 17.7 Å². The Morgan fingerprint density at radius 1 is 1.07 bits per heavy atom. The van der Waals surface area contributed by atoms with E-state index in [9.17, 15) is 0 Å². The van der Waals surface area contributed by atoms with Crippen LogP contribution < -0.4 is 0 Å². The quantitative estimate of drug-likeness (QED) is 0.664. The third kappa shape index (κ3) is 1.28. The van der Waals surface area contributed by atoms with E-state index in [1.165, 1.54) is 62.8 Å². The number of imidazole rings is 1. The van der Waals surface area contributed by atoms with Crippen LogP contribution in [0.5, 0.6) is 0 Å². The fourth-order valence-corrected chi connectivity index (χ4v) is 2.91. The Morgan fingerprint density at radius 3 is 2.79 bits per heavy atom. The molecule has 1 fully saturated rings. The van der Waals surface area contributed by atoms with E-state index in [2.05, 4.69) is 15.9 Å². The Bertz CT molecular complexity index is 321. The predicted molar refractivity (Wildman–Crippen MR) is 55.2 cm³/mol. The molecule has 75 valence electrons. The monoisotopic (exact) mass is 189 g/mol. The molecule has 0 aromatic carbocycles. The SMILES string of the molecule is [c]1nc2c(n1C1CCCCC1)CCC2. The van der Waals surface area contributed by atoms with E-state index in [0.717, 1.165) is 6.04 Å². The summed E-state index contributed by atoms with van der Waals surface area (Å²) in [6.45, 7) is 0. The molecule has 3 rings (SSSR count). The lowest BCUT2D eigenvalue weighted by Gasteiger charge is -2.24. The summed E-state index contributed by atoms with van der Waals surface area (Å²) in [6, 6.07) is 0.720. The van der Waals surface area contributed by atoms with Crippen molar-refractivity contribution in [3.8, 4) is 0 Å². The summed E-state index contributed by atoms with van der Waals surface area (Å²) in [5.41, 5.74) is 2.83. The number of aryl methyl sites for hydroxylation is 1. The number of rotatable bonds is 1. The van der Waals surface area contributed by atoms with Crippen LogP contribution in [-0.2, 0) is 12.8 Å². The van der Waals surface area contributed by atoms with Gasteiger partial charge in [0.15, 0.2) is 6.33 Å². The zero-order valence-electron chi connectivity index (χ0n) is 8.63. The van der Waals surface area contributed by atoms with Gasteiger partial charge in [-0.25, -0.2) is 4.98 Å². The van der Waals surface area contributed by atoms with Gasteiger partial charge in [-0.2, -0.15) is 0 Å². The summed E-state index contributed by atoms with van der Waals surface area (Å²) in [7, 11) is 0. The number of nitrogens with zero attached hydrogens (tertiary/aromatic N) is 2. The van der Waals surface area contributed by atoms with Crippen molar-refractivity contribution in [1.29, 1.82) is 0 Å². The van der Waals surface area contributed by atoms with Crippen molar-refractivity contribution in [2.24, 2.45) is 0 Å². The van der Waals surface area contributed by atoms with Crippen molar-refractivity contribution >= 4 is 0 Å². The van der Waals surface area contributed by atoms with Crippen molar-refractivity contribution < 1.29 is 0 Å². The van der Waals surface area contributed by atoms with E-state index < -0.39 is 0 Å². The fraction of sp³-hybridized carbons (Fsp3) is 0.750. The summed E-state index contributed by atoms with van der Waals surface area (Å²) in [6.07, 6.45) is 13.8. The normalized spacial score (nSPS) is 22.6. The van der Waals surface area contributed by atoms with Gasteiger partial charge in [0.1, 0.15) is 0 Å². The molecule has 1 aromatic rings. The number of aromatic nitrogens is 2. The van der Waals surface area contributed by atoms with Gasteiger partial charge in [0, 0.05) is 11.7 Å². The summed E-state index contributed by atoms with van der Waals surface area (Å²) >= 11 is 0. The molecule has 1 saturated carbocycles. The molecule has 2 aliphatic rings. The van der Waals surface area contributed by atoms with Gasteiger partial charge in [0.2, 0.25) is 0 Å². The second kappa shape index (κ2) is 3.41. The third-order valence-corrected chi connectivity index (χ3v) is 3.68. The highest BCUT2D eigenvalue weighted by Crippen LogP contribution is 2.31. The molecule has 0 N–H and O–H groups in total. The molecular formula is C12H17N2. The van der Waals surface area contributed by atoms with E-state index in [4.69, 9.17) is 0 Å². The second-order valence-corrected chi connectivity index (χ2v) is 4.62. The molecular weight excluding hydrogens is 172 g/mol. The molecule has 0 atom stereocenters. The average molecular weight is 189 g/mol. The molecule has 0 amide bonds. The smallest absolute Gasteiger partial charge is 0.177 e. The molecule has 0 aliphatic heterocycles. The number of hydrogen-bond donors (Lipinski definition) is 0. The first kappa shape index (κ1) is 8.51. The van der Waals surface area contributed by atoms with Crippen LogP contribution >= 0.6 is 0 Å². The molecule has 1 aromatic heterocycles. The third-order valence-electron chi connectivity index (χ3n) is 3.68. The molecule has 1 radical (unpaired) electrons. The van der Waals surface area contributed by atoms with Crippen molar-refractivity contribution in [1.82, 2.24) is 9.55 Å². The zero-order chi connectivity index (χ0) is 9.38. The molecule has 0 unspecified atom stereocenters. The van der Waals surface area contributed by atoms with E-state index in [0.29, 0.717) is 0 Å². The van der Waals surface area contributed by atoms with Gasteiger partial charge >= 0.3 is 0 Å². The Labute approximate surface area is 85.3 Å². The van der Waals surface area contributed by atoms with Crippen molar-refractivity contribution in [2.75, 3.05) is 0 Å². The molecule has 2 nitrogen and oxygen atoms in total. The standard InChI is InChI=1S/C12H17N2/c1-2-5-10(6-3-1)14-9-13-11-7-4-8-12(11)14/h10H,1-8H2. The lowest BCUT2D eigenvalue weighted by atomic mass is 9.95. The van der Waals surface area contributed by atoms with E-state index in [-0.39, 0.29) is 0 Å². The highest BCUT2D eigenvalue weighted by molar-refractivity contribution is 5.19.